The molecule has 35 heavy (non-hydrogen) atoms. The highest BCUT2D eigenvalue weighted by Gasteiger charge is 2.82. The van der Waals surface area contributed by atoms with Crippen LogP contribution in [-0.2, 0) is 9.53 Å². The van der Waals surface area contributed by atoms with E-state index in [9.17, 15) is 9.90 Å². The van der Waals surface area contributed by atoms with Crippen LogP contribution in [0.15, 0.2) is 12.2 Å². The summed E-state index contributed by atoms with van der Waals surface area (Å²) in [5.41, 5.74) is 0.807. The minimum atomic E-state index is -0.239. The number of hydrogen-bond donors (Lipinski definition) is 1. The zero-order chi connectivity index (χ0) is 25.8. The number of nitrogens with zero attached hydrogens (tertiary/aromatic N) is 2. The highest BCUT2D eigenvalue weighted by molar-refractivity contribution is 5.66. The lowest BCUT2D eigenvalue weighted by atomic mass is 9.43. The topological polar surface area (TPSA) is 53.0 Å². The van der Waals surface area contributed by atoms with Crippen molar-refractivity contribution in [2.24, 2.45) is 44.8 Å². The van der Waals surface area contributed by atoms with Crippen molar-refractivity contribution in [1.29, 1.82) is 0 Å². The molecule has 0 aromatic carbocycles. The van der Waals surface area contributed by atoms with Crippen LogP contribution in [0.4, 0.5) is 0 Å². The molecule has 1 N–H and O–H groups in total. The molecule has 4 fully saturated rings. The molecule has 0 radical (unpaired) electrons. The Bertz CT molecular complexity index is 917. The molecule has 5 aliphatic rings. The maximum absolute atomic E-state index is 11.9. The van der Waals surface area contributed by atoms with E-state index in [1.54, 1.807) is 0 Å². The summed E-state index contributed by atoms with van der Waals surface area (Å²) in [6, 6.07) is 0.765. The second-order valence-electron chi connectivity index (χ2n) is 14.5. The van der Waals surface area contributed by atoms with Gasteiger partial charge in [0.25, 0.3) is 0 Å². The number of carbonyl (C=O) groups is 1. The fourth-order valence-electron chi connectivity index (χ4n) is 11.0. The van der Waals surface area contributed by atoms with Gasteiger partial charge < -0.3 is 19.6 Å². The number of rotatable bonds is 5. The predicted octanol–water partition coefficient (Wildman–Crippen LogP) is 4.60. The van der Waals surface area contributed by atoms with Gasteiger partial charge in [-0.3, -0.25) is 4.79 Å². The van der Waals surface area contributed by atoms with E-state index in [2.05, 4.69) is 77.8 Å². The van der Waals surface area contributed by atoms with E-state index in [-0.39, 0.29) is 28.3 Å². The summed E-state index contributed by atoms with van der Waals surface area (Å²) in [4.78, 5) is 16.5. The monoisotopic (exact) mass is 486 g/mol. The van der Waals surface area contributed by atoms with Crippen molar-refractivity contribution >= 4 is 5.97 Å². The number of carbonyl (C=O) groups excluding carboxylic acids is 1. The van der Waals surface area contributed by atoms with E-state index < -0.39 is 0 Å². The third-order valence-corrected chi connectivity index (χ3v) is 12.9. The number of aliphatic hydroxyl groups excluding tert-OH is 1. The number of allylic oxidation sites excluding steroid dienone is 2. The van der Waals surface area contributed by atoms with Crippen molar-refractivity contribution in [3.05, 3.63) is 12.2 Å². The van der Waals surface area contributed by atoms with Gasteiger partial charge in [0.1, 0.15) is 0 Å². The Kier molecular flexibility index (Phi) is 5.73. The molecule has 198 valence electrons. The van der Waals surface area contributed by atoms with Gasteiger partial charge in [0.15, 0.2) is 0 Å². The first-order valence-corrected chi connectivity index (χ1v) is 14.0. The van der Waals surface area contributed by atoms with Crippen molar-refractivity contribution in [3.8, 4) is 0 Å². The van der Waals surface area contributed by atoms with Crippen LogP contribution in [0.3, 0.4) is 0 Å². The molecule has 5 rings (SSSR count). The fraction of sp³-hybridized carbons (Fsp3) is 0.900. The molecule has 4 saturated carbocycles. The van der Waals surface area contributed by atoms with Gasteiger partial charge in [0, 0.05) is 30.3 Å². The molecule has 11 atom stereocenters. The second-order valence-corrected chi connectivity index (χ2v) is 14.5. The summed E-state index contributed by atoms with van der Waals surface area (Å²) in [5.74, 6) is 1.09. The number of aliphatic hydroxyl groups is 1. The molecular formula is C30H50N2O3. The molecule has 5 aliphatic carbocycles. The molecule has 0 aliphatic heterocycles. The predicted molar refractivity (Wildman–Crippen MR) is 140 cm³/mol. The zero-order valence-electron chi connectivity index (χ0n) is 23.7. The highest BCUT2D eigenvalue weighted by atomic mass is 16.5. The van der Waals surface area contributed by atoms with Crippen molar-refractivity contribution in [2.75, 3.05) is 34.8 Å². The third-order valence-electron chi connectivity index (χ3n) is 12.9. The van der Waals surface area contributed by atoms with Gasteiger partial charge in [-0.1, -0.05) is 32.9 Å². The van der Waals surface area contributed by atoms with Crippen molar-refractivity contribution in [2.45, 2.75) is 91.3 Å². The molecular weight excluding hydrogens is 436 g/mol. The molecule has 11 unspecified atom stereocenters. The van der Waals surface area contributed by atoms with Crippen LogP contribution in [0.2, 0.25) is 0 Å². The van der Waals surface area contributed by atoms with Crippen molar-refractivity contribution < 1.29 is 14.6 Å². The summed E-state index contributed by atoms with van der Waals surface area (Å²) in [6.45, 7) is 11.7. The molecule has 5 heteroatoms. The summed E-state index contributed by atoms with van der Waals surface area (Å²) in [6.07, 6.45) is 12.0. The van der Waals surface area contributed by atoms with E-state index in [1.807, 2.05) is 0 Å². The Labute approximate surface area is 213 Å². The summed E-state index contributed by atoms with van der Waals surface area (Å²) in [5, 5.41) is 11.5. The lowest BCUT2D eigenvalue weighted by Crippen LogP contribution is -2.60. The lowest BCUT2D eigenvalue weighted by Gasteiger charge is -2.62. The van der Waals surface area contributed by atoms with Crippen LogP contribution < -0.4 is 0 Å². The quantitative estimate of drug-likeness (QED) is 0.455. The van der Waals surface area contributed by atoms with Gasteiger partial charge in [0.2, 0.25) is 0 Å². The third kappa shape index (κ3) is 3.07. The van der Waals surface area contributed by atoms with Crippen molar-refractivity contribution in [3.63, 3.8) is 0 Å². The number of fused-ring (bicyclic) bond motifs is 2. The SMILES string of the molecule is CC(=O)OCC1(C)C(N(C)C)CCC23CC24CCC2(C)C(C(C)N(C)C)C(O)CC2(C)C4C=CC13. The first-order valence-electron chi connectivity index (χ1n) is 14.0. The van der Waals surface area contributed by atoms with Gasteiger partial charge in [-0.25, -0.2) is 0 Å². The minimum absolute atomic E-state index is 0.0861. The smallest absolute Gasteiger partial charge is 0.302 e. The van der Waals surface area contributed by atoms with E-state index in [4.69, 9.17) is 4.74 Å². The maximum Gasteiger partial charge on any atom is 0.302 e. The molecule has 0 bridgehead atoms. The summed E-state index contributed by atoms with van der Waals surface area (Å²) < 4.78 is 5.76. The van der Waals surface area contributed by atoms with Gasteiger partial charge in [0.05, 0.1) is 12.7 Å². The van der Waals surface area contributed by atoms with Crippen LogP contribution in [0.5, 0.6) is 0 Å². The van der Waals surface area contributed by atoms with E-state index in [0.29, 0.717) is 47.3 Å². The Morgan fingerprint density at radius 3 is 2.26 bits per heavy atom. The molecule has 2 spiro atoms. The van der Waals surface area contributed by atoms with Gasteiger partial charge >= 0.3 is 5.97 Å². The van der Waals surface area contributed by atoms with Crippen LogP contribution in [0.25, 0.3) is 0 Å². The second kappa shape index (κ2) is 7.80. The van der Waals surface area contributed by atoms with Crippen molar-refractivity contribution in [1.82, 2.24) is 9.80 Å². The largest absolute Gasteiger partial charge is 0.465 e. The Morgan fingerprint density at radius 2 is 1.66 bits per heavy atom. The molecule has 0 saturated heterocycles. The Hall–Kier alpha value is -0.910. The van der Waals surface area contributed by atoms with E-state index >= 15 is 0 Å². The van der Waals surface area contributed by atoms with Gasteiger partial charge in [-0.2, -0.15) is 0 Å². The minimum Gasteiger partial charge on any atom is -0.465 e. The summed E-state index contributed by atoms with van der Waals surface area (Å²) >= 11 is 0. The van der Waals surface area contributed by atoms with Gasteiger partial charge in [-0.05, 0) is 107 Å². The Balaban J connectivity index is 1.55. The van der Waals surface area contributed by atoms with Gasteiger partial charge in [-0.15, -0.1) is 0 Å². The fourth-order valence-corrected chi connectivity index (χ4v) is 11.0. The normalized spacial score (nSPS) is 53.0. The molecule has 0 aromatic rings. The lowest BCUT2D eigenvalue weighted by molar-refractivity contribution is -0.154. The zero-order valence-corrected chi connectivity index (χ0v) is 23.7. The highest BCUT2D eigenvalue weighted by Crippen LogP contribution is 2.87. The first kappa shape index (κ1) is 25.7. The van der Waals surface area contributed by atoms with Crippen LogP contribution in [0, 0.1) is 44.8 Å². The number of esters is 1. The van der Waals surface area contributed by atoms with E-state index in [1.165, 1.54) is 39.0 Å². The maximum atomic E-state index is 11.9. The molecule has 0 aromatic heterocycles. The summed E-state index contributed by atoms with van der Waals surface area (Å²) in [7, 11) is 8.70. The van der Waals surface area contributed by atoms with E-state index in [0.717, 1.165) is 6.42 Å². The van der Waals surface area contributed by atoms with Crippen LogP contribution >= 0.6 is 0 Å². The first-order chi connectivity index (χ1) is 16.2. The number of hydrogen-bond acceptors (Lipinski definition) is 5. The average molecular weight is 487 g/mol. The standard InChI is InChI=1S/C30H50N2O3/c1-19(31(6)7)25-21(34)16-28(5)23-11-10-22-26(3,18-35-20(2)33)24(32(8)9)12-13-29(22)17-30(23,29)15-14-27(25,28)4/h10-11,19,21-25,34H,12-18H2,1-9H3. The average Bonchev–Trinajstić information content (AvgIpc) is 3.36. The molecule has 5 nitrogen and oxygen atoms in total. The molecule has 0 amide bonds. The number of ether oxygens (including phenoxy) is 1. The van der Waals surface area contributed by atoms with Crippen LogP contribution in [-0.4, -0.2) is 73.9 Å². The molecule has 0 heterocycles. The van der Waals surface area contributed by atoms with Crippen LogP contribution in [0.1, 0.15) is 73.1 Å². The Morgan fingerprint density at radius 1 is 1.03 bits per heavy atom.